The van der Waals surface area contributed by atoms with Crippen LogP contribution in [0.3, 0.4) is 0 Å². The summed E-state index contributed by atoms with van der Waals surface area (Å²) in [4.78, 5) is 0. The zero-order valence-electron chi connectivity index (χ0n) is 10.4. The molecule has 2 aromatic carbocycles. The van der Waals surface area contributed by atoms with Crippen LogP contribution in [0.4, 0.5) is 4.39 Å². The van der Waals surface area contributed by atoms with E-state index >= 15 is 0 Å². The minimum atomic E-state index is -0.223. The van der Waals surface area contributed by atoms with Gasteiger partial charge in [-0.1, -0.05) is 28.1 Å². The van der Waals surface area contributed by atoms with Crippen LogP contribution in [0.1, 0.15) is 28.3 Å². The van der Waals surface area contributed by atoms with Gasteiger partial charge in [0.15, 0.2) is 0 Å². The molecule has 0 radical (unpaired) electrons. The zero-order chi connectivity index (χ0) is 13.3. The van der Waals surface area contributed by atoms with Crippen molar-refractivity contribution in [2.75, 3.05) is 0 Å². The first kappa shape index (κ1) is 13.2. The lowest BCUT2D eigenvalue weighted by atomic mass is 9.92. The molecule has 0 aromatic heterocycles. The molecule has 0 saturated carbocycles. The Morgan fingerprint density at radius 2 is 1.56 bits per heavy atom. The fourth-order valence-electron chi connectivity index (χ4n) is 2.25. The van der Waals surface area contributed by atoms with E-state index in [2.05, 4.69) is 15.9 Å². The minimum Gasteiger partial charge on any atom is -0.320 e. The summed E-state index contributed by atoms with van der Waals surface area (Å²) < 4.78 is 14.3. The average molecular weight is 308 g/mol. The number of benzene rings is 2. The van der Waals surface area contributed by atoms with Gasteiger partial charge in [-0.15, -0.1) is 0 Å². The summed E-state index contributed by atoms with van der Waals surface area (Å²) in [5, 5.41) is 0. The van der Waals surface area contributed by atoms with Gasteiger partial charge in [0, 0.05) is 4.47 Å². The van der Waals surface area contributed by atoms with E-state index in [9.17, 15) is 4.39 Å². The van der Waals surface area contributed by atoms with Gasteiger partial charge in [-0.2, -0.15) is 0 Å². The van der Waals surface area contributed by atoms with Gasteiger partial charge in [0.25, 0.3) is 0 Å². The molecule has 2 rings (SSSR count). The molecule has 3 heteroatoms. The van der Waals surface area contributed by atoms with Gasteiger partial charge in [-0.05, 0) is 60.4 Å². The maximum atomic E-state index is 13.3. The highest BCUT2D eigenvalue weighted by molar-refractivity contribution is 9.10. The van der Waals surface area contributed by atoms with E-state index in [1.54, 1.807) is 0 Å². The smallest absolute Gasteiger partial charge is 0.123 e. The maximum Gasteiger partial charge on any atom is 0.123 e. The van der Waals surface area contributed by atoms with E-state index in [-0.39, 0.29) is 11.9 Å². The molecule has 1 atom stereocenters. The molecule has 1 unspecified atom stereocenters. The lowest BCUT2D eigenvalue weighted by molar-refractivity contribution is 0.623. The molecule has 2 N–H and O–H groups in total. The lowest BCUT2D eigenvalue weighted by Gasteiger charge is -2.18. The van der Waals surface area contributed by atoms with Crippen LogP contribution in [0.15, 0.2) is 40.9 Å². The van der Waals surface area contributed by atoms with Crippen LogP contribution in [-0.4, -0.2) is 0 Å². The average Bonchev–Trinajstić information content (AvgIpc) is 2.28. The van der Waals surface area contributed by atoms with Crippen LogP contribution < -0.4 is 5.73 Å². The van der Waals surface area contributed by atoms with Crippen LogP contribution in [0.2, 0.25) is 0 Å². The normalized spacial score (nSPS) is 12.5. The summed E-state index contributed by atoms with van der Waals surface area (Å²) in [7, 11) is 0. The van der Waals surface area contributed by atoms with Gasteiger partial charge in [-0.3, -0.25) is 0 Å². The van der Waals surface area contributed by atoms with E-state index in [1.165, 1.54) is 12.1 Å². The summed E-state index contributed by atoms with van der Waals surface area (Å²) in [6, 6.07) is 10.7. The molecule has 0 amide bonds. The monoisotopic (exact) mass is 307 g/mol. The first-order valence-corrected chi connectivity index (χ1v) is 6.56. The first-order chi connectivity index (χ1) is 8.49. The number of nitrogens with two attached hydrogens (primary N) is 1. The van der Waals surface area contributed by atoms with E-state index in [1.807, 2.05) is 38.1 Å². The van der Waals surface area contributed by atoms with Crippen molar-refractivity contribution in [1.82, 2.24) is 0 Å². The molecule has 0 heterocycles. The largest absolute Gasteiger partial charge is 0.320 e. The van der Waals surface area contributed by atoms with Crippen LogP contribution >= 0.6 is 15.9 Å². The van der Waals surface area contributed by atoms with Crippen molar-refractivity contribution in [3.63, 3.8) is 0 Å². The molecule has 0 aliphatic heterocycles. The number of halogens is 2. The van der Waals surface area contributed by atoms with Crippen LogP contribution in [0, 0.1) is 19.7 Å². The summed E-state index contributed by atoms with van der Waals surface area (Å²) in [5.74, 6) is -0.211. The van der Waals surface area contributed by atoms with Crippen molar-refractivity contribution >= 4 is 15.9 Å². The van der Waals surface area contributed by atoms with Crippen molar-refractivity contribution in [2.24, 2.45) is 5.73 Å². The van der Waals surface area contributed by atoms with Crippen molar-refractivity contribution in [3.8, 4) is 0 Å². The predicted molar refractivity (Wildman–Crippen MR) is 76.0 cm³/mol. The van der Waals surface area contributed by atoms with Gasteiger partial charge >= 0.3 is 0 Å². The Morgan fingerprint density at radius 1 is 1.06 bits per heavy atom. The fourth-order valence-corrected chi connectivity index (χ4v) is 2.51. The van der Waals surface area contributed by atoms with E-state index in [0.29, 0.717) is 0 Å². The molecular formula is C15H15BrFN. The van der Waals surface area contributed by atoms with Crippen LogP contribution in [-0.2, 0) is 0 Å². The quantitative estimate of drug-likeness (QED) is 0.881. The topological polar surface area (TPSA) is 26.0 Å². The Kier molecular flexibility index (Phi) is 3.83. The first-order valence-electron chi connectivity index (χ1n) is 5.76. The summed E-state index contributed by atoms with van der Waals surface area (Å²) in [6.45, 7) is 3.79. The third kappa shape index (κ3) is 2.62. The SMILES string of the molecule is Cc1cc(F)cc(C)c1C(N)c1ccc(Br)cc1. The van der Waals surface area contributed by atoms with Crippen LogP contribution in [0.25, 0.3) is 0 Å². The number of hydrogen-bond acceptors (Lipinski definition) is 1. The van der Waals surface area contributed by atoms with Gasteiger partial charge in [0.05, 0.1) is 6.04 Å². The second-order valence-corrected chi connectivity index (χ2v) is 5.40. The molecule has 0 spiro atoms. The zero-order valence-corrected chi connectivity index (χ0v) is 12.0. The molecular weight excluding hydrogens is 293 g/mol. The highest BCUT2D eigenvalue weighted by Gasteiger charge is 2.14. The van der Waals surface area contributed by atoms with Gasteiger partial charge in [0.1, 0.15) is 5.82 Å². The third-order valence-electron chi connectivity index (χ3n) is 3.10. The predicted octanol–water partition coefficient (Wildman–Crippen LogP) is 4.25. The van der Waals surface area contributed by atoms with E-state index in [4.69, 9.17) is 5.73 Å². The number of rotatable bonds is 2. The summed E-state index contributed by atoms with van der Waals surface area (Å²) >= 11 is 3.40. The summed E-state index contributed by atoms with van der Waals surface area (Å²) in [5.41, 5.74) is 10.1. The van der Waals surface area contributed by atoms with Crippen molar-refractivity contribution in [3.05, 3.63) is 68.9 Å². The Balaban J connectivity index is 2.46. The minimum absolute atomic E-state index is 0.211. The van der Waals surface area contributed by atoms with Crippen molar-refractivity contribution in [1.29, 1.82) is 0 Å². The van der Waals surface area contributed by atoms with Gasteiger partial charge < -0.3 is 5.73 Å². The Morgan fingerprint density at radius 3 is 2.06 bits per heavy atom. The highest BCUT2D eigenvalue weighted by Crippen LogP contribution is 2.27. The lowest BCUT2D eigenvalue weighted by Crippen LogP contribution is -2.15. The van der Waals surface area contributed by atoms with E-state index in [0.717, 1.165) is 26.7 Å². The molecule has 2 aromatic rings. The number of hydrogen-bond donors (Lipinski definition) is 1. The van der Waals surface area contributed by atoms with E-state index < -0.39 is 0 Å². The Bertz CT molecular complexity index is 540. The molecule has 0 bridgehead atoms. The second kappa shape index (κ2) is 5.21. The maximum absolute atomic E-state index is 13.3. The molecule has 0 saturated heterocycles. The van der Waals surface area contributed by atoms with Crippen LogP contribution in [0.5, 0.6) is 0 Å². The molecule has 1 nitrogen and oxygen atoms in total. The third-order valence-corrected chi connectivity index (χ3v) is 3.63. The molecule has 0 aliphatic carbocycles. The molecule has 18 heavy (non-hydrogen) atoms. The van der Waals surface area contributed by atoms with Crippen molar-refractivity contribution < 1.29 is 4.39 Å². The molecule has 0 fully saturated rings. The van der Waals surface area contributed by atoms with Gasteiger partial charge in [-0.25, -0.2) is 4.39 Å². The Labute approximate surface area is 115 Å². The highest BCUT2D eigenvalue weighted by atomic mass is 79.9. The molecule has 94 valence electrons. The number of aryl methyl sites for hydroxylation is 2. The van der Waals surface area contributed by atoms with Crippen molar-refractivity contribution in [2.45, 2.75) is 19.9 Å². The molecule has 0 aliphatic rings. The second-order valence-electron chi connectivity index (χ2n) is 4.48. The Hall–Kier alpha value is -1.19. The van der Waals surface area contributed by atoms with Gasteiger partial charge in [0.2, 0.25) is 0 Å². The summed E-state index contributed by atoms with van der Waals surface area (Å²) in [6.07, 6.45) is 0. The standard InChI is InChI=1S/C15H15BrFN/c1-9-7-13(17)8-10(2)14(9)15(18)11-3-5-12(16)6-4-11/h3-8,15H,18H2,1-2H3. The fraction of sp³-hybridized carbons (Fsp3) is 0.200.